The molecule has 90 heavy (non-hydrogen) atoms. The van der Waals surface area contributed by atoms with E-state index < -0.39 is 11.6 Å². The lowest BCUT2D eigenvalue weighted by molar-refractivity contribution is 0.584. The Kier molecular flexibility index (Phi) is 13.2. The van der Waals surface area contributed by atoms with Crippen molar-refractivity contribution in [1.29, 1.82) is 0 Å². The predicted molar refractivity (Wildman–Crippen MR) is 361 cm³/mol. The van der Waals surface area contributed by atoms with Crippen molar-refractivity contribution in [2.24, 2.45) is 0 Å². The number of halogens is 2. The standard InChI is InChI=1S/C81H49F2N7/c1-84-75-50-80(89-76-44-55(71-30-14-26-67(85-71)51-18-6-2-7-19-51)34-38-62(76)63-39-35-56(45-77(63)89)72-31-15-27-68(86-72)52-20-8-3-9-21-52)66(59-42-60(82)48-61(83)43-59)49-81(75)90-78-46-57(73-32-16-28-69(87-73)53-22-10-4-11-23-53)36-40-64(78)65-41-37-58(47-79(65)90)74-33-17-29-70(88-74)54-24-12-5-13-25-54/h2-50H. The van der Waals surface area contributed by atoms with E-state index in [1.165, 1.54) is 12.1 Å². The molecular weight excluding hydrogens is 1110 g/mol. The molecule has 6 aromatic heterocycles. The molecule has 0 aliphatic heterocycles. The third-order valence-corrected chi connectivity index (χ3v) is 16.9. The van der Waals surface area contributed by atoms with E-state index >= 15 is 8.78 Å². The second-order valence-corrected chi connectivity index (χ2v) is 22.3. The summed E-state index contributed by atoms with van der Waals surface area (Å²) in [6.07, 6.45) is 0. The molecule has 0 unspecified atom stereocenters. The minimum absolute atomic E-state index is 0.281. The van der Waals surface area contributed by atoms with Gasteiger partial charge in [0.15, 0.2) is 0 Å². The maximum atomic E-state index is 16.2. The predicted octanol–water partition coefficient (Wildman–Crippen LogP) is 21.3. The van der Waals surface area contributed by atoms with Crippen LogP contribution in [0.3, 0.4) is 0 Å². The first-order valence-corrected chi connectivity index (χ1v) is 29.7. The third kappa shape index (κ3) is 9.62. The number of hydrogen-bond acceptors (Lipinski definition) is 4. The van der Waals surface area contributed by atoms with Crippen LogP contribution < -0.4 is 0 Å². The summed E-state index contributed by atoms with van der Waals surface area (Å²) >= 11 is 0. The van der Waals surface area contributed by atoms with Crippen LogP contribution in [0.5, 0.6) is 0 Å². The molecule has 0 aliphatic carbocycles. The molecule has 0 radical (unpaired) electrons. The Labute approximate surface area is 517 Å². The Morgan fingerprint density at radius 1 is 0.256 bits per heavy atom. The molecule has 7 nitrogen and oxygen atoms in total. The molecule has 422 valence electrons. The van der Waals surface area contributed by atoms with Gasteiger partial charge >= 0.3 is 0 Å². The zero-order valence-electron chi connectivity index (χ0n) is 48.2. The Morgan fingerprint density at radius 3 is 0.844 bits per heavy atom. The van der Waals surface area contributed by atoms with E-state index in [1.807, 2.05) is 206 Å². The fourth-order valence-corrected chi connectivity index (χ4v) is 12.6. The van der Waals surface area contributed by atoms with Crippen molar-refractivity contribution in [2.45, 2.75) is 0 Å². The van der Waals surface area contributed by atoms with Crippen LogP contribution in [0.25, 0.3) is 161 Å². The van der Waals surface area contributed by atoms with Crippen LogP contribution in [0, 0.1) is 18.2 Å². The zero-order valence-corrected chi connectivity index (χ0v) is 48.2. The average molecular weight is 1160 g/mol. The summed E-state index contributed by atoms with van der Waals surface area (Å²) < 4.78 is 36.6. The summed E-state index contributed by atoms with van der Waals surface area (Å²) in [5.74, 6) is -1.48. The summed E-state index contributed by atoms with van der Waals surface area (Å²) in [5.41, 5.74) is 19.1. The Morgan fingerprint density at radius 2 is 0.544 bits per heavy atom. The number of aromatic nitrogens is 6. The fraction of sp³-hybridized carbons (Fsp3) is 0. The molecular formula is C81H49F2N7. The Bertz CT molecular complexity index is 5220. The highest BCUT2D eigenvalue weighted by Crippen LogP contribution is 2.46. The molecule has 0 atom stereocenters. The Hall–Kier alpha value is -12.3. The van der Waals surface area contributed by atoms with Gasteiger partial charge in [0.2, 0.25) is 5.69 Å². The van der Waals surface area contributed by atoms with E-state index in [4.69, 9.17) is 19.9 Å². The summed E-state index contributed by atoms with van der Waals surface area (Å²) in [5, 5.41) is 3.71. The molecule has 0 saturated carbocycles. The largest absolute Gasteiger partial charge is 0.319 e. The minimum atomic E-state index is -0.742. The first-order valence-electron chi connectivity index (χ1n) is 29.7. The molecule has 10 aromatic carbocycles. The van der Waals surface area contributed by atoms with Crippen LogP contribution in [0.1, 0.15) is 0 Å². The summed E-state index contributed by atoms with van der Waals surface area (Å²) in [4.78, 5) is 25.2. The number of nitrogens with zero attached hydrogens (tertiary/aromatic N) is 7. The molecule has 0 aliphatic rings. The van der Waals surface area contributed by atoms with E-state index in [1.54, 1.807) is 0 Å². The quantitative estimate of drug-likeness (QED) is 0.121. The topological polar surface area (TPSA) is 65.8 Å². The number of hydrogen-bond donors (Lipinski definition) is 0. The van der Waals surface area contributed by atoms with Crippen molar-refractivity contribution in [3.63, 3.8) is 0 Å². The summed E-state index contributed by atoms with van der Waals surface area (Å²) in [7, 11) is 0. The second kappa shape index (κ2) is 22.2. The summed E-state index contributed by atoms with van der Waals surface area (Å²) in [6.45, 7) is 9.28. The van der Waals surface area contributed by atoms with Gasteiger partial charge in [-0.15, -0.1) is 0 Å². The van der Waals surface area contributed by atoms with Crippen molar-refractivity contribution in [3.05, 3.63) is 320 Å². The van der Waals surface area contributed by atoms with Crippen molar-refractivity contribution >= 4 is 49.3 Å². The van der Waals surface area contributed by atoms with E-state index in [0.717, 1.165) is 140 Å². The van der Waals surface area contributed by atoms with E-state index in [9.17, 15) is 6.57 Å². The van der Waals surface area contributed by atoms with Gasteiger partial charge in [-0.2, -0.15) is 0 Å². The molecule has 0 fully saturated rings. The normalized spacial score (nSPS) is 11.4. The SMILES string of the molecule is [C-]#[N+]c1cc(-n2c3cc(-c4cccc(-c5ccccc5)n4)ccc3c3ccc(-c4cccc(-c5ccccc5)n4)cc32)c(-c2cc(F)cc(F)c2)cc1-n1c2cc(-c3cccc(-c4ccccc4)n3)ccc2c2ccc(-c3cccc(-c4ccccc4)n3)cc21. The Balaban J connectivity index is 0.972. The fourth-order valence-electron chi connectivity index (χ4n) is 12.6. The first kappa shape index (κ1) is 53.2. The minimum Gasteiger partial charge on any atom is -0.319 e. The van der Waals surface area contributed by atoms with E-state index in [2.05, 4.69) is 86.8 Å². The molecule has 0 bridgehead atoms. The highest BCUT2D eigenvalue weighted by molar-refractivity contribution is 6.14. The van der Waals surface area contributed by atoms with Gasteiger partial charge in [-0.05, 0) is 103 Å². The lowest BCUT2D eigenvalue weighted by Gasteiger charge is -2.20. The van der Waals surface area contributed by atoms with E-state index in [-0.39, 0.29) is 5.56 Å². The van der Waals surface area contributed by atoms with Gasteiger partial charge in [0, 0.05) is 83.4 Å². The summed E-state index contributed by atoms with van der Waals surface area (Å²) in [6, 6.07) is 97.3. The highest BCUT2D eigenvalue weighted by Gasteiger charge is 2.25. The molecule has 9 heteroatoms. The number of benzene rings is 10. The molecule has 0 spiro atoms. The van der Waals surface area contributed by atoms with Crippen LogP contribution in [0.2, 0.25) is 0 Å². The van der Waals surface area contributed by atoms with Gasteiger partial charge in [0.1, 0.15) is 11.6 Å². The van der Waals surface area contributed by atoms with Crippen molar-refractivity contribution in [2.75, 3.05) is 0 Å². The van der Waals surface area contributed by atoms with Crippen LogP contribution >= 0.6 is 0 Å². The number of rotatable bonds is 11. The monoisotopic (exact) mass is 1160 g/mol. The lowest BCUT2D eigenvalue weighted by atomic mass is 10.00. The van der Waals surface area contributed by atoms with Crippen LogP contribution in [-0.2, 0) is 0 Å². The van der Waals surface area contributed by atoms with Gasteiger partial charge in [0.05, 0.1) is 79.9 Å². The molecule has 16 aromatic rings. The maximum Gasteiger partial charge on any atom is 0.212 e. The maximum absolute atomic E-state index is 16.2. The lowest BCUT2D eigenvalue weighted by Crippen LogP contribution is -2.02. The van der Waals surface area contributed by atoms with Crippen LogP contribution in [-0.4, -0.2) is 29.1 Å². The van der Waals surface area contributed by atoms with E-state index in [0.29, 0.717) is 22.6 Å². The van der Waals surface area contributed by atoms with Gasteiger partial charge in [-0.1, -0.05) is 194 Å². The van der Waals surface area contributed by atoms with Gasteiger partial charge in [-0.3, -0.25) is 0 Å². The van der Waals surface area contributed by atoms with Crippen LogP contribution in [0.4, 0.5) is 14.5 Å². The third-order valence-electron chi connectivity index (χ3n) is 16.9. The number of fused-ring (bicyclic) bond motifs is 6. The van der Waals surface area contributed by atoms with Crippen LogP contribution in [0.15, 0.2) is 297 Å². The molecule has 0 N–H and O–H groups in total. The molecule has 6 heterocycles. The highest BCUT2D eigenvalue weighted by atomic mass is 19.1. The molecule has 16 rings (SSSR count). The van der Waals surface area contributed by atoms with Gasteiger partial charge in [-0.25, -0.2) is 33.6 Å². The number of pyridine rings is 4. The van der Waals surface area contributed by atoms with Gasteiger partial charge in [0.25, 0.3) is 0 Å². The van der Waals surface area contributed by atoms with Crippen molar-refractivity contribution in [1.82, 2.24) is 29.1 Å². The van der Waals surface area contributed by atoms with Crippen molar-refractivity contribution in [3.8, 4) is 113 Å². The average Bonchev–Trinajstić information content (AvgIpc) is 1.57. The smallest absolute Gasteiger partial charge is 0.212 e. The van der Waals surface area contributed by atoms with Crippen molar-refractivity contribution < 1.29 is 8.78 Å². The molecule has 0 saturated heterocycles. The second-order valence-electron chi connectivity index (χ2n) is 22.3. The zero-order chi connectivity index (χ0) is 60.2. The molecule has 0 amide bonds. The first-order chi connectivity index (χ1) is 44.3. The van der Waals surface area contributed by atoms with Gasteiger partial charge < -0.3 is 9.13 Å².